The second-order valence-electron chi connectivity index (χ2n) is 6.82. The first kappa shape index (κ1) is 17.0. The molecule has 0 unspecified atom stereocenters. The first-order chi connectivity index (χ1) is 12.7. The maximum absolute atomic E-state index is 12.8. The summed E-state index contributed by atoms with van der Waals surface area (Å²) < 4.78 is 10.8. The third-order valence-electron chi connectivity index (χ3n) is 5.00. The van der Waals surface area contributed by atoms with Crippen molar-refractivity contribution in [3.8, 4) is 11.3 Å². The smallest absolute Gasteiger partial charge is 0.320 e. The molecule has 0 bridgehead atoms. The van der Waals surface area contributed by atoms with Crippen LogP contribution in [-0.4, -0.2) is 70.3 Å². The van der Waals surface area contributed by atoms with Crippen LogP contribution in [0.1, 0.15) is 30.1 Å². The largest absolute Gasteiger partial charge is 0.378 e. The third-order valence-corrected chi connectivity index (χ3v) is 5.00. The van der Waals surface area contributed by atoms with Gasteiger partial charge < -0.3 is 19.1 Å². The van der Waals surface area contributed by atoms with E-state index in [1.54, 1.807) is 12.5 Å². The Morgan fingerprint density at radius 2 is 2.08 bits per heavy atom. The Bertz CT molecular complexity index is 772. The summed E-state index contributed by atoms with van der Waals surface area (Å²) in [4.78, 5) is 25.3. The van der Waals surface area contributed by atoms with Gasteiger partial charge in [-0.05, 0) is 19.8 Å². The van der Waals surface area contributed by atoms with Gasteiger partial charge >= 0.3 is 6.03 Å². The number of carbonyl (C=O) groups excluding carboxylic acids is 1. The summed E-state index contributed by atoms with van der Waals surface area (Å²) in [6.07, 6.45) is 5.28. The summed E-state index contributed by atoms with van der Waals surface area (Å²) in [6.45, 7) is 5.89. The number of morpholine rings is 1. The van der Waals surface area contributed by atoms with Gasteiger partial charge in [-0.3, -0.25) is 0 Å². The molecule has 2 amide bonds. The van der Waals surface area contributed by atoms with Crippen molar-refractivity contribution in [3.05, 3.63) is 30.0 Å². The van der Waals surface area contributed by atoms with Crippen molar-refractivity contribution in [1.29, 1.82) is 0 Å². The molecule has 2 fully saturated rings. The van der Waals surface area contributed by atoms with Crippen LogP contribution in [0.4, 0.5) is 4.79 Å². The minimum atomic E-state index is 0.101. The molecule has 0 saturated carbocycles. The highest BCUT2D eigenvalue weighted by Gasteiger charge is 2.31. The summed E-state index contributed by atoms with van der Waals surface area (Å²) in [5, 5.41) is 3.97. The van der Waals surface area contributed by atoms with Crippen LogP contribution in [0.5, 0.6) is 0 Å². The number of hydrogen-bond acceptors (Lipinski definition) is 6. The molecule has 8 nitrogen and oxygen atoms in total. The molecule has 0 radical (unpaired) electrons. The lowest BCUT2D eigenvalue weighted by molar-refractivity contribution is 0.0408. The molecule has 1 atom stereocenters. The fourth-order valence-corrected chi connectivity index (χ4v) is 3.67. The molecule has 2 aromatic rings. The van der Waals surface area contributed by atoms with Crippen LogP contribution < -0.4 is 0 Å². The number of aromatic nitrogens is 3. The molecule has 2 aromatic heterocycles. The maximum Gasteiger partial charge on any atom is 0.320 e. The fourth-order valence-electron chi connectivity index (χ4n) is 3.67. The van der Waals surface area contributed by atoms with Gasteiger partial charge in [-0.2, -0.15) is 0 Å². The minimum Gasteiger partial charge on any atom is -0.378 e. The Labute approximate surface area is 152 Å². The van der Waals surface area contributed by atoms with E-state index in [0.29, 0.717) is 38.6 Å². The van der Waals surface area contributed by atoms with Crippen LogP contribution in [0.3, 0.4) is 0 Å². The van der Waals surface area contributed by atoms with E-state index in [9.17, 15) is 4.79 Å². The standard InChI is InChI=1S/C18H23N5O3/c1-13-9-16(26-21-13)15-10-19-12-20-17(15)14-3-2-4-23(11-14)18(24)22-5-7-25-8-6-22/h9-10,12,14H,2-8,11H2,1H3/t14-/m0/s1. The molecule has 0 N–H and O–H groups in total. The second-order valence-corrected chi connectivity index (χ2v) is 6.82. The highest BCUT2D eigenvalue weighted by Crippen LogP contribution is 2.33. The molecule has 138 valence electrons. The lowest BCUT2D eigenvalue weighted by Crippen LogP contribution is -2.50. The van der Waals surface area contributed by atoms with Gasteiger partial charge in [-0.15, -0.1) is 0 Å². The second kappa shape index (κ2) is 7.41. The van der Waals surface area contributed by atoms with Crippen molar-refractivity contribution in [3.63, 3.8) is 0 Å². The number of likely N-dealkylation sites (tertiary alicyclic amines) is 1. The summed E-state index contributed by atoms with van der Waals surface area (Å²) in [5.41, 5.74) is 2.61. The Hall–Kier alpha value is -2.48. The highest BCUT2D eigenvalue weighted by atomic mass is 16.5. The van der Waals surface area contributed by atoms with Gasteiger partial charge in [0.05, 0.1) is 30.2 Å². The first-order valence-electron chi connectivity index (χ1n) is 9.07. The number of hydrogen-bond donors (Lipinski definition) is 0. The SMILES string of the molecule is Cc1cc(-c2cncnc2[C@H]2CCCN(C(=O)N3CCOCC3)C2)on1. The lowest BCUT2D eigenvalue weighted by atomic mass is 9.91. The molecule has 4 rings (SSSR count). The summed E-state index contributed by atoms with van der Waals surface area (Å²) in [5.74, 6) is 0.840. The molecule has 0 aliphatic carbocycles. The monoisotopic (exact) mass is 357 g/mol. The van der Waals surface area contributed by atoms with Crippen LogP contribution >= 0.6 is 0 Å². The number of amides is 2. The number of ether oxygens (including phenoxy) is 1. The molecular formula is C18H23N5O3. The Morgan fingerprint density at radius 1 is 1.23 bits per heavy atom. The van der Waals surface area contributed by atoms with Crippen molar-refractivity contribution in [2.24, 2.45) is 0 Å². The third kappa shape index (κ3) is 3.41. The number of rotatable bonds is 2. The number of urea groups is 1. The van der Waals surface area contributed by atoms with Gasteiger partial charge in [-0.25, -0.2) is 14.8 Å². The average molecular weight is 357 g/mol. The molecule has 2 saturated heterocycles. The Morgan fingerprint density at radius 3 is 2.85 bits per heavy atom. The van der Waals surface area contributed by atoms with Gasteiger partial charge in [0.15, 0.2) is 5.76 Å². The van der Waals surface area contributed by atoms with Crippen LogP contribution in [0.2, 0.25) is 0 Å². The van der Waals surface area contributed by atoms with E-state index >= 15 is 0 Å². The van der Waals surface area contributed by atoms with Crippen LogP contribution in [0.15, 0.2) is 23.1 Å². The molecule has 8 heteroatoms. The van der Waals surface area contributed by atoms with Crippen LogP contribution in [-0.2, 0) is 4.74 Å². The quantitative estimate of drug-likeness (QED) is 0.818. The molecule has 4 heterocycles. The maximum atomic E-state index is 12.8. The average Bonchev–Trinajstić information content (AvgIpc) is 3.14. The predicted octanol–water partition coefficient (Wildman–Crippen LogP) is 2.07. The van der Waals surface area contributed by atoms with E-state index in [4.69, 9.17) is 9.26 Å². The number of nitrogens with zero attached hydrogens (tertiary/aromatic N) is 5. The van der Waals surface area contributed by atoms with Crippen molar-refractivity contribution < 1.29 is 14.1 Å². The predicted molar refractivity (Wildman–Crippen MR) is 93.6 cm³/mol. The van der Waals surface area contributed by atoms with E-state index in [2.05, 4.69) is 15.1 Å². The van der Waals surface area contributed by atoms with E-state index in [-0.39, 0.29) is 11.9 Å². The zero-order valence-electron chi connectivity index (χ0n) is 14.9. The van der Waals surface area contributed by atoms with Crippen LogP contribution in [0.25, 0.3) is 11.3 Å². The molecule has 26 heavy (non-hydrogen) atoms. The normalized spacial score (nSPS) is 21.0. The zero-order valence-corrected chi connectivity index (χ0v) is 14.9. The van der Waals surface area contributed by atoms with Gasteiger partial charge in [0, 0.05) is 44.4 Å². The van der Waals surface area contributed by atoms with Gasteiger partial charge in [0.2, 0.25) is 0 Å². The van der Waals surface area contributed by atoms with Crippen molar-refractivity contribution >= 4 is 6.03 Å². The first-order valence-corrected chi connectivity index (χ1v) is 9.07. The van der Waals surface area contributed by atoms with Gasteiger partial charge in [0.1, 0.15) is 6.33 Å². The van der Waals surface area contributed by atoms with Crippen molar-refractivity contribution in [2.75, 3.05) is 39.4 Å². The highest BCUT2D eigenvalue weighted by molar-refractivity contribution is 5.75. The van der Waals surface area contributed by atoms with E-state index in [1.165, 1.54) is 0 Å². The topological polar surface area (TPSA) is 84.6 Å². The van der Waals surface area contributed by atoms with E-state index in [1.807, 2.05) is 22.8 Å². The number of aryl methyl sites for hydroxylation is 1. The van der Waals surface area contributed by atoms with Gasteiger partial charge in [-0.1, -0.05) is 5.16 Å². The number of piperidine rings is 1. The lowest BCUT2D eigenvalue weighted by Gasteiger charge is -2.37. The van der Waals surface area contributed by atoms with E-state index < -0.39 is 0 Å². The van der Waals surface area contributed by atoms with Crippen molar-refractivity contribution in [2.45, 2.75) is 25.7 Å². The van der Waals surface area contributed by atoms with Gasteiger partial charge in [0.25, 0.3) is 0 Å². The number of carbonyl (C=O) groups is 1. The molecule has 0 aromatic carbocycles. The van der Waals surface area contributed by atoms with E-state index in [0.717, 1.165) is 36.3 Å². The molecule has 2 aliphatic rings. The minimum absolute atomic E-state index is 0.101. The zero-order chi connectivity index (χ0) is 17.9. The summed E-state index contributed by atoms with van der Waals surface area (Å²) in [6, 6.07) is 1.99. The van der Waals surface area contributed by atoms with Crippen LogP contribution in [0, 0.1) is 6.92 Å². The molecule has 2 aliphatic heterocycles. The Kier molecular flexibility index (Phi) is 4.83. The summed E-state index contributed by atoms with van der Waals surface area (Å²) >= 11 is 0. The summed E-state index contributed by atoms with van der Waals surface area (Å²) in [7, 11) is 0. The fraction of sp³-hybridized carbons (Fsp3) is 0.556. The van der Waals surface area contributed by atoms with Crippen molar-refractivity contribution in [1.82, 2.24) is 24.9 Å². The Balaban J connectivity index is 1.54. The molecule has 0 spiro atoms. The molecular weight excluding hydrogens is 334 g/mol.